The van der Waals surface area contributed by atoms with E-state index in [4.69, 9.17) is 0 Å². The number of rotatable bonds is 9. The molecule has 1 atom stereocenters. The number of benzene rings is 2. The number of nitrogens with one attached hydrogen (secondary N) is 3. The Bertz CT molecular complexity index is 819. The van der Waals surface area contributed by atoms with Crippen molar-refractivity contribution in [2.24, 2.45) is 0 Å². The minimum absolute atomic E-state index is 0.0268. The number of nitro benzene ring substituents is 1. The van der Waals surface area contributed by atoms with E-state index in [2.05, 4.69) is 16.0 Å². The van der Waals surface area contributed by atoms with Gasteiger partial charge in [0.25, 0.3) is 5.69 Å². The van der Waals surface area contributed by atoms with Crippen LogP contribution in [-0.2, 0) is 9.59 Å². The lowest BCUT2D eigenvalue weighted by Gasteiger charge is -2.18. The predicted molar refractivity (Wildman–Crippen MR) is 107 cm³/mol. The summed E-state index contributed by atoms with van der Waals surface area (Å²) < 4.78 is 0. The molecule has 2 rings (SSSR count). The van der Waals surface area contributed by atoms with Crippen LogP contribution in [0.15, 0.2) is 48.5 Å². The number of carbonyl (C=O) groups excluding carboxylic acids is 2. The number of aryl methyl sites for hydroxylation is 1. The van der Waals surface area contributed by atoms with Gasteiger partial charge in [0.2, 0.25) is 11.8 Å². The van der Waals surface area contributed by atoms with E-state index in [1.54, 1.807) is 12.1 Å². The molecule has 28 heavy (non-hydrogen) atoms. The molecule has 2 amide bonds. The van der Waals surface area contributed by atoms with Crippen molar-refractivity contribution in [2.45, 2.75) is 26.3 Å². The minimum atomic E-state index is -0.455. The summed E-state index contributed by atoms with van der Waals surface area (Å²) in [5.74, 6) is -0.372. The second-order valence-electron chi connectivity index (χ2n) is 6.45. The number of hydrogen-bond acceptors (Lipinski definition) is 5. The van der Waals surface area contributed by atoms with Gasteiger partial charge >= 0.3 is 0 Å². The Balaban J connectivity index is 1.81. The first-order valence-electron chi connectivity index (χ1n) is 8.94. The summed E-state index contributed by atoms with van der Waals surface area (Å²) in [5, 5.41) is 19.3. The average molecular weight is 384 g/mol. The Kier molecular flexibility index (Phi) is 7.50. The average Bonchev–Trinajstić information content (AvgIpc) is 2.65. The van der Waals surface area contributed by atoms with Crippen LogP contribution in [0, 0.1) is 17.0 Å². The van der Waals surface area contributed by atoms with Crippen molar-refractivity contribution in [3.05, 3.63) is 69.8 Å². The maximum Gasteiger partial charge on any atom is 0.269 e. The highest BCUT2D eigenvalue weighted by Crippen LogP contribution is 2.18. The molecule has 0 fully saturated rings. The van der Waals surface area contributed by atoms with Crippen LogP contribution in [0.25, 0.3) is 0 Å². The van der Waals surface area contributed by atoms with Gasteiger partial charge < -0.3 is 16.0 Å². The van der Waals surface area contributed by atoms with Gasteiger partial charge in [-0.1, -0.05) is 29.8 Å². The maximum atomic E-state index is 12.2. The van der Waals surface area contributed by atoms with Gasteiger partial charge in [-0.05, 0) is 24.6 Å². The van der Waals surface area contributed by atoms with Gasteiger partial charge in [0, 0.05) is 37.8 Å². The first kappa shape index (κ1) is 20.9. The van der Waals surface area contributed by atoms with Crippen molar-refractivity contribution in [3.8, 4) is 0 Å². The Labute approximate surface area is 163 Å². The molecular formula is C20H24N4O4. The molecule has 3 N–H and O–H groups in total. The maximum absolute atomic E-state index is 12.2. The topological polar surface area (TPSA) is 113 Å². The zero-order valence-corrected chi connectivity index (χ0v) is 15.9. The molecule has 0 heterocycles. The molecule has 0 aliphatic carbocycles. The van der Waals surface area contributed by atoms with Crippen LogP contribution in [0.1, 0.15) is 30.5 Å². The van der Waals surface area contributed by atoms with Crippen LogP contribution in [0.5, 0.6) is 0 Å². The quantitative estimate of drug-likeness (QED) is 0.349. The Morgan fingerprint density at radius 2 is 1.68 bits per heavy atom. The van der Waals surface area contributed by atoms with Gasteiger partial charge in [0.15, 0.2) is 0 Å². The zero-order chi connectivity index (χ0) is 20.5. The lowest BCUT2D eigenvalue weighted by molar-refractivity contribution is -0.384. The zero-order valence-electron chi connectivity index (χ0n) is 15.9. The standard InChI is InChI=1S/C20H24N4O4/c1-14-3-5-16(6-4-14)19(23-15(2)25)13-20(26)22-12-11-21-17-7-9-18(10-8-17)24(27)28/h3-10,19,21H,11-13H2,1-2H3,(H,22,26)(H,23,25). The smallest absolute Gasteiger partial charge is 0.269 e. The number of nitro groups is 1. The van der Waals surface area contributed by atoms with Gasteiger partial charge in [-0.2, -0.15) is 0 Å². The summed E-state index contributed by atoms with van der Waals surface area (Å²) in [5.41, 5.74) is 2.74. The van der Waals surface area contributed by atoms with Crippen LogP contribution in [-0.4, -0.2) is 29.8 Å². The van der Waals surface area contributed by atoms with Gasteiger partial charge in [0.05, 0.1) is 17.4 Å². The summed E-state index contributed by atoms with van der Waals surface area (Å²) in [4.78, 5) is 33.9. The van der Waals surface area contributed by atoms with E-state index in [1.807, 2.05) is 31.2 Å². The lowest BCUT2D eigenvalue weighted by atomic mass is 10.0. The van der Waals surface area contributed by atoms with Crippen molar-refractivity contribution >= 4 is 23.2 Å². The molecule has 2 aromatic carbocycles. The molecular weight excluding hydrogens is 360 g/mol. The molecule has 1 unspecified atom stereocenters. The largest absolute Gasteiger partial charge is 0.383 e. The Morgan fingerprint density at radius 3 is 2.25 bits per heavy atom. The van der Waals surface area contributed by atoms with Crippen molar-refractivity contribution in [1.82, 2.24) is 10.6 Å². The molecule has 0 aliphatic rings. The highest BCUT2D eigenvalue weighted by atomic mass is 16.6. The molecule has 0 saturated carbocycles. The van der Waals surface area contributed by atoms with Crippen LogP contribution in [0.2, 0.25) is 0 Å². The van der Waals surface area contributed by atoms with E-state index in [0.717, 1.165) is 16.8 Å². The third-order valence-corrected chi connectivity index (χ3v) is 4.10. The molecule has 2 aromatic rings. The first-order chi connectivity index (χ1) is 13.3. The van der Waals surface area contributed by atoms with Crippen molar-refractivity contribution in [3.63, 3.8) is 0 Å². The van der Waals surface area contributed by atoms with E-state index < -0.39 is 4.92 Å². The minimum Gasteiger partial charge on any atom is -0.383 e. The molecule has 0 aliphatic heterocycles. The van der Waals surface area contributed by atoms with E-state index in [0.29, 0.717) is 13.1 Å². The van der Waals surface area contributed by atoms with Crippen molar-refractivity contribution < 1.29 is 14.5 Å². The summed E-state index contributed by atoms with van der Waals surface area (Å²) in [6, 6.07) is 13.4. The highest BCUT2D eigenvalue weighted by Gasteiger charge is 2.16. The molecule has 148 valence electrons. The van der Waals surface area contributed by atoms with Gasteiger partial charge in [-0.3, -0.25) is 19.7 Å². The number of carbonyl (C=O) groups is 2. The van der Waals surface area contributed by atoms with Crippen molar-refractivity contribution in [2.75, 3.05) is 18.4 Å². The van der Waals surface area contributed by atoms with Crippen molar-refractivity contribution in [1.29, 1.82) is 0 Å². The second-order valence-corrected chi connectivity index (χ2v) is 6.45. The molecule has 0 bridgehead atoms. The third kappa shape index (κ3) is 6.71. The predicted octanol–water partition coefficient (Wildman–Crippen LogP) is 2.70. The monoisotopic (exact) mass is 384 g/mol. The van der Waals surface area contributed by atoms with E-state index in [9.17, 15) is 19.7 Å². The molecule has 8 nitrogen and oxygen atoms in total. The van der Waals surface area contributed by atoms with E-state index in [1.165, 1.54) is 19.1 Å². The summed E-state index contributed by atoms with van der Waals surface area (Å²) >= 11 is 0. The summed E-state index contributed by atoms with van der Waals surface area (Å²) in [7, 11) is 0. The number of nitrogens with zero attached hydrogens (tertiary/aromatic N) is 1. The first-order valence-corrected chi connectivity index (χ1v) is 8.94. The summed E-state index contributed by atoms with van der Waals surface area (Å²) in [6.07, 6.45) is 0.139. The van der Waals surface area contributed by atoms with Gasteiger partial charge in [0.1, 0.15) is 0 Å². The fourth-order valence-electron chi connectivity index (χ4n) is 2.66. The second kappa shape index (κ2) is 10.1. The Morgan fingerprint density at radius 1 is 1.04 bits per heavy atom. The van der Waals surface area contributed by atoms with Crippen LogP contribution in [0.3, 0.4) is 0 Å². The lowest BCUT2D eigenvalue weighted by Crippen LogP contribution is -2.34. The fourth-order valence-corrected chi connectivity index (χ4v) is 2.66. The molecule has 0 spiro atoms. The molecule has 0 radical (unpaired) electrons. The Hall–Kier alpha value is -3.42. The van der Waals surface area contributed by atoms with Gasteiger partial charge in [-0.15, -0.1) is 0 Å². The molecule has 0 aromatic heterocycles. The number of amides is 2. The number of anilines is 1. The van der Waals surface area contributed by atoms with Gasteiger partial charge in [-0.25, -0.2) is 0 Å². The molecule has 0 saturated heterocycles. The van der Waals surface area contributed by atoms with Crippen LogP contribution in [0.4, 0.5) is 11.4 Å². The highest BCUT2D eigenvalue weighted by molar-refractivity contribution is 5.79. The van der Waals surface area contributed by atoms with E-state index in [-0.39, 0.29) is 30.0 Å². The number of hydrogen-bond donors (Lipinski definition) is 3. The third-order valence-electron chi connectivity index (χ3n) is 4.10. The summed E-state index contributed by atoms with van der Waals surface area (Å²) in [6.45, 7) is 4.25. The van der Waals surface area contributed by atoms with E-state index >= 15 is 0 Å². The van der Waals surface area contributed by atoms with Crippen LogP contribution < -0.4 is 16.0 Å². The SMILES string of the molecule is CC(=O)NC(CC(=O)NCCNc1ccc([N+](=O)[O-])cc1)c1ccc(C)cc1. The molecule has 8 heteroatoms. The van der Waals surface area contributed by atoms with Crippen LogP contribution >= 0.6 is 0 Å². The fraction of sp³-hybridized carbons (Fsp3) is 0.300. The normalized spacial score (nSPS) is 11.4. The number of non-ortho nitro benzene ring substituents is 1.